The van der Waals surface area contributed by atoms with E-state index in [1.54, 1.807) is 32.9 Å². The lowest BCUT2D eigenvalue weighted by Gasteiger charge is -2.33. The second-order valence-electron chi connectivity index (χ2n) is 12.9. The van der Waals surface area contributed by atoms with Gasteiger partial charge in [0.25, 0.3) is 0 Å². The number of rotatable bonds is 13. The van der Waals surface area contributed by atoms with E-state index < -0.39 is 73.2 Å². The molecule has 0 aliphatic heterocycles. The van der Waals surface area contributed by atoms with Gasteiger partial charge in [-0.25, -0.2) is 0 Å². The smallest absolute Gasteiger partial charge is 0.422 e. The number of hydrogen-bond donors (Lipinski definition) is 5. The van der Waals surface area contributed by atoms with Crippen LogP contribution in [-0.2, 0) is 9.59 Å². The molecule has 0 fully saturated rings. The zero-order valence-corrected chi connectivity index (χ0v) is 30.9. The minimum absolute atomic E-state index is 0. The maximum absolute atomic E-state index is 13.1. The van der Waals surface area contributed by atoms with Gasteiger partial charge in [-0.1, -0.05) is 52.0 Å². The van der Waals surface area contributed by atoms with Crippen LogP contribution in [0, 0.1) is 11.8 Å². The lowest BCUT2D eigenvalue weighted by molar-refractivity contribution is -0.276. The van der Waals surface area contributed by atoms with E-state index in [9.17, 15) is 59.3 Å². The van der Waals surface area contributed by atoms with Crippen LogP contribution in [0.1, 0.15) is 84.5 Å². The molecule has 0 heterocycles. The molecule has 9 nitrogen and oxygen atoms in total. The molecule has 0 aliphatic rings. The Bertz CT molecular complexity index is 1400. The van der Waals surface area contributed by atoms with Gasteiger partial charge < -0.3 is 35.8 Å². The zero-order chi connectivity index (χ0) is 40.9. The SMILES string of the molecule is CC(C)C(C)(O)CC(=O)O.CC(C)C(O)(CC(=O)N[C@@H](C)c1cccc(OCC(F)(F)F)c1)C(F)(F)F.C[C@H](N)c1cccc(OCC(F)(F)F)c1.Cl. The number of nitrogens with one attached hydrogen (secondary N) is 1. The summed E-state index contributed by atoms with van der Waals surface area (Å²) in [7, 11) is 0. The number of ether oxygens (including phenoxy) is 2. The molecule has 0 saturated carbocycles. The molecular formula is C34H48ClF9N2O7. The van der Waals surface area contributed by atoms with Crippen LogP contribution >= 0.6 is 12.4 Å². The molecule has 6 N–H and O–H groups in total. The van der Waals surface area contributed by atoms with Gasteiger partial charge in [-0.05, 0) is 68.0 Å². The first-order chi connectivity index (χ1) is 23.4. The van der Waals surface area contributed by atoms with Crippen molar-refractivity contribution >= 4 is 24.3 Å². The number of amides is 1. The van der Waals surface area contributed by atoms with Crippen molar-refractivity contribution in [3.8, 4) is 11.5 Å². The van der Waals surface area contributed by atoms with E-state index in [4.69, 9.17) is 10.8 Å². The van der Waals surface area contributed by atoms with Crippen molar-refractivity contribution in [2.24, 2.45) is 17.6 Å². The van der Waals surface area contributed by atoms with E-state index in [1.807, 2.05) is 0 Å². The molecule has 2 unspecified atom stereocenters. The van der Waals surface area contributed by atoms with Crippen LogP contribution in [0.2, 0.25) is 0 Å². The number of halogens is 10. The maximum Gasteiger partial charge on any atom is 0.422 e. The molecule has 53 heavy (non-hydrogen) atoms. The summed E-state index contributed by atoms with van der Waals surface area (Å²) in [6.07, 6.45) is -15.2. The Balaban J connectivity index is 0. The summed E-state index contributed by atoms with van der Waals surface area (Å²) in [5, 5.41) is 29.9. The minimum atomic E-state index is -4.99. The van der Waals surface area contributed by atoms with Gasteiger partial charge in [0.2, 0.25) is 5.91 Å². The van der Waals surface area contributed by atoms with E-state index in [-0.39, 0.29) is 42.3 Å². The number of carbonyl (C=O) groups is 2. The van der Waals surface area contributed by atoms with Crippen molar-refractivity contribution in [3.05, 3.63) is 59.7 Å². The van der Waals surface area contributed by atoms with E-state index in [2.05, 4.69) is 14.8 Å². The molecule has 0 aromatic heterocycles. The van der Waals surface area contributed by atoms with Gasteiger partial charge in [0.1, 0.15) is 11.5 Å². The highest BCUT2D eigenvalue weighted by molar-refractivity contribution is 5.85. The second-order valence-corrected chi connectivity index (χ2v) is 12.9. The van der Waals surface area contributed by atoms with E-state index in [0.717, 1.165) is 19.4 Å². The maximum atomic E-state index is 13.1. The number of nitrogens with two attached hydrogens (primary N) is 1. The Morgan fingerprint density at radius 3 is 1.47 bits per heavy atom. The summed E-state index contributed by atoms with van der Waals surface area (Å²) in [5.41, 5.74) is 2.40. The molecule has 2 aromatic rings. The molecule has 2 rings (SSSR count). The highest BCUT2D eigenvalue weighted by Crippen LogP contribution is 2.39. The first kappa shape index (κ1) is 51.6. The van der Waals surface area contributed by atoms with Crippen LogP contribution in [0.15, 0.2) is 48.5 Å². The lowest BCUT2D eigenvalue weighted by Crippen LogP contribution is -2.52. The fourth-order valence-corrected chi connectivity index (χ4v) is 3.85. The van der Waals surface area contributed by atoms with Crippen molar-refractivity contribution in [1.82, 2.24) is 5.32 Å². The largest absolute Gasteiger partial charge is 0.484 e. The van der Waals surface area contributed by atoms with Crippen LogP contribution in [-0.4, -0.2) is 70.1 Å². The molecular weight excluding hydrogens is 755 g/mol. The van der Waals surface area contributed by atoms with Gasteiger partial charge in [-0.2, -0.15) is 39.5 Å². The summed E-state index contributed by atoms with van der Waals surface area (Å²) < 4.78 is 121. The summed E-state index contributed by atoms with van der Waals surface area (Å²) in [6.45, 7) is 7.83. The fraction of sp³-hybridized carbons (Fsp3) is 0.588. The molecule has 0 bridgehead atoms. The average molecular weight is 803 g/mol. The quantitative estimate of drug-likeness (QED) is 0.128. The molecule has 2 aromatic carbocycles. The normalized spacial score (nSPS) is 15.2. The summed E-state index contributed by atoms with van der Waals surface area (Å²) in [5.74, 6) is -3.19. The lowest BCUT2D eigenvalue weighted by atomic mass is 9.86. The highest BCUT2D eigenvalue weighted by Gasteiger charge is 2.56. The third-order valence-corrected chi connectivity index (χ3v) is 7.55. The number of aliphatic carboxylic acids is 1. The molecule has 0 radical (unpaired) electrons. The minimum Gasteiger partial charge on any atom is -0.484 e. The Morgan fingerprint density at radius 2 is 1.15 bits per heavy atom. The first-order valence-corrected chi connectivity index (χ1v) is 15.8. The number of hydrogen-bond acceptors (Lipinski definition) is 7. The Morgan fingerprint density at radius 1 is 0.736 bits per heavy atom. The highest BCUT2D eigenvalue weighted by atomic mass is 35.5. The zero-order valence-electron chi connectivity index (χ0n) is 30.1. The van der Waals surface area contributed by atoms with Crippen molar-refractivity contribution in [2.45, 2.75) is 103 Å². The molecule has 306 valence electrons. The van der Waals surface area contributed by atoms with Crippen LogP contribution in [0.3, 0.4) is 0 Å². The summed E-state index contributed by atoms with van der Waals surface area (Å²) >= 11 is 0. The Hall–Kier alpha value is -3.48. The van der Waals surface area contributed by atoms with Crippen LogP contribution in [0.25, 0.3) is 0 Å². The van der Waals surface area contributed by atoms with Gasteiger partial charge in [-0.3, -0.25) is 9.59 Å². The van der Waals surface area contributed by atoms with Crippen LogP contribution < -0.4 is 20.5 Å². The molecule has 0 aliphatic carbocycles. The van der Waals surface area contributed by atoms with E-state index >= 15 is 0 Å². The van der Waals surface area contributed by atoms with Crippen molar-refractivity contribution in [1.29, 1.82) is 0 Å². The summed E-state index contributed by atoms with van der Waals surface area (Å²) in [6, 6.07) is 10.7. The van der Waals surface area contributed by atoms with Gasteiger partial charge in [-0.15, -0.1) is 12.4 Å². The van der Waals surface area contributed by atoms with Gasteiger partial charge in [0, 0.05) is 6.04 Å². The average Bonchev–Trinajstić information content (AvgIpc) is 2.98. The number of carbonyl (C=O) groups excluding carboxylic acids is 1. The van der Waals surface area contributed by atoms with Gasteiger partial charge in [0.05, 0.1) is 24.5 Å². The van der Waals surface area contributed by atoms with Crippen molar-refractivity contribution in [2.75, 3.05) is 13.2 Å². The number of carboxylic acid groups (broad SMARTS) is 1. The van der Waals surface area contributed by atoms with Crippen molar-refractivity contribution < 1.29 is 73.9 Å². The number of alkyl halides is 9. The van der Waals surface area contributed by atoms with Gasteiger partial charge in [0.15, 0.2) is 18.8 Å². The first-order valence-electron chi connectivity index (χ1n) is 15.8. The Kier molecular flexibility index (Phi) is 20.9. The molecule has 4 atom stereocenters. The topological polar surface area (TPSA) is 151 Å². The number of benzene rings is 2. The van der Waals surface area contributed by atoms with Crippen LogP contribution in [0.5, 0.6) is 11.5 Å². The summed E-state index contributed by atoms with van der Waals surface area (Å²) in [4.78, 5) is 22.1. The van der Waals surface area contributed by atoms with Gasteiger partial charge >= 0.3 is 24.5 Å². The van der Waals surface area contributed by atoms with E-state index in [0.29, 0.717) is 5.56 Å². The Labute approximate surface area is 308 Å². The van der Waals surface area contributed by atoms with E-state index in [1.165, 1.54) is 50.2 Å². The molecule has 19 heteroatoms. The third-order valence-electron chi connectivity index (χ3n) is 7.55. The fourth-order valence-electron chi connectivity index (χ4n) is 3.85. The molecule has 0 spiro atoms. The number of aliphatic hydroxyl groups is 2. The predicted molar refractivity (Wildman–Crippen MR) is 181 cm³/mol. The molecule has 1 amide bonds. The van der Waals surface area contributed by atoms with Crippen molar-refractivity contribution in [3.63, 3.8) is 0 Å². The van der Waals surface area contributed by atoms with Crippen LogP contribution in [0.4, 0.5) is 39.5 Å². The predicted octanol–water partition coefficient (Wildman–Crippen LogP) is 8.08. The molecule has 0 saturated heterocycles. The second kappa shape index (κ2) is 21.4. The third kappa shape index (κ3) is 20.5. The standard InChI is InChI=1S/C17H21F6NO3.C10H12F3NO.C7H14O3.ClH/c1-10(2)15(26,17(21,22)23)8-14(25)24-11(3)12-5-4-6-13(7-12)27-9-16(18,19)20;1-7(14)8-3-2-4-9(5-8)15-6-10(11,12)13;1-5(2)7(3,10)4-6(8)9;/h4-7,10-11,26H,8-9H2,1-3H3,(H,24,25);2-5,7H,6,14H2,1H3;5,10H,4H2,1-3H3,(H,8,9);1H/t11-,15?;7-;;/m00../s1. The number of carboxylic acids is 1. The monoisotopic (exact) mass is 802 g/mol.